The minimum atomic E-state index is -2.67. The maximum absolute atomic E-state index is 16.4. The molecule has 3 aliphatic heterocycles. The second kappa shape index (κ2) is 27.7. The molecule has 3 fully saturated rings. The number of aliphatic carboxylic acids is 1. The highest BCUT2D eigenvalue weighted by molar-refractivity contribution is 6.39. The molecule has 430 valence electrons. The number of nitrogens with zero attached hydrogens (tertiary/aromatic N) is 1. The van der Waals surface area contributed by atoms with Crippen LogP contribution in [0.1, 0.15) is 125 Å². The van der Waals surface area contributed by atoms with E-state index in [0.717, 1.165) is 4.90 Å². The molecule has 2 bridgehead atoms. The number of esters is 1. The number of alkyl carbamates (subject to hydrolysis) is 1. The lowest BCUT2D eigenvalue weighted by molar-refractivity contribution is -0.302. The van der Waals surface area contributed by atoms with Crippen molar-refractivity contribution >= 4 is 41.4 Å². The van der Waals surface area contributed by atoms with E-state index in [9.17, 15) is 48.9 Å². The topological polar surface area (TPSA) is 263 Å². The van der Waals surface area contributed by atoms with E-state index in [-0.39, 0.29) is 55.9 Å². The van der Waals surface area contributed by atoms with Gasteiger partial charge in [0.1, 0.15) is 36.2 Å². The number of carboxylic acid groups (broad SMARTS) is 1. The lowest BCUT2D eigenvalue weighted by Crippen LogP contribution is -2.64. The highest BCUT2D eigenvalue weighted by Gasteiger charge is 2.57. The summed E-state index contributed by atoms with van der Waals surface area (Å²) in [6, 6.07) is 5.60. The number of ether oxygens (including phenoxy) is 6. The third-order valence-electron chi connectivity index (χ3n) is 16.2. The largest absolute Gasteiger partial charge is 0.480 e. The van der Waals surface area contributed by atoms with Gasteiger partial charge in [0.2, 0.25) is 5.79 Å². The third kappa shape index (κ3) is 15.6. The summed E-state index contributed by atoms with van der Waals surface area (Å²) in [5.74, 6) is -11.8. The van der Waals surface area contributed by atoms with E-state index in [1.807, 2.05) is 6.08 Å². The standard InChI is InChI=1S/C57H84FN3O16/c1-12-38-25-31(2)47(58)32(3)26-45(73-10)49-46(74-11)27-34(5)57(71,76-49)50(64)51(65)61-23-17-16-20-41(61)53(68)75-48(35(6)42(62)30-43(38)63)33(4)24-37-21-22-39(44(29-37)72-9)59-54(69)56(7,8)77-55(70)60-40(52(66)67)28-36-18-14-13-15-19-36/h13-15,18-19,24-25,32,34-35,37-42,44-49,62,71H,12,16-17,20-23,26-30H2,1-11H3,(H,59,69)(H,60,70)(H,66,67)/b31-25+,33-24?/t32?,34?,35?,37?,38?,39?,40-,41?,42?,44?,45?,46?,47?,48?,49?,57?/m1/s1. The molecule has 77 heavy (non-hydrogen) atoms. The Bertz CT molecular complexity index is 2290. The highest BCUT2D eigenvalue weighted by Crippen LogP contribution is 2.40. The molecule has 15 unspecified atom stereocenters. The summed E-state index contributed by atoms with van der Waals surface area (Å²) in [5, 5.41) is 39.1. The van der Waals surface area contributed by atoms with Gasteiger partial charge in [0, 0.05) is 58.5 Å². The normalized spacial score (nSPS) is 34.8. The Hall–Kier alpha value is -5.12. The molecule has 5 N–H and O–H groups in total. The molecule has 20 heteroatoms. The van der Waals surface area contributed by atoms with Crippen molar-refractivity contribution in [2.24, 2.45) is 29.6 Å². The molecule has 3 heterocycles. The average Bonchev–Trinajstić information content (AvgIpc) is 3.40. The molecule has 1 aromatic rings. The molecule has 1 aromatic carbocycles. The number of hydrogen-bond acceptors (Lipinski definition) is 15. The van der Waals surface area contributed by atoms with Crippen LogP contribution in [0.3, 0.4) is 0 Å². The lowest BCUT2D eigenvalue weighted by atomic mass is 9.80. The molecule has 5 rings (SSSR count). The summed E-state index contributed by atoms with van der Waals surface area (Å²) >= 11 is 0. The first-order valence-electron chi connectivity index (χ1n) is 27.1. The summed E-state index contributed by atoms with van der Waals surface area (Å²) in [7, 11) is 4.33. The minimum absolute atomic E-state index is 0.0103. The van der Waals surface area contributed by atoms with Crippen molar-refractivity contribution in [3.05, 3.63) is 59.2 Å². The van der Waals surface area contributed by atoms with Crippen LogP contribution in [0.2, 0.25) is 0 Å². The number of cyclic esters (lactones) is 1. The van der Waals surface area contributed by atoms with E-state index in [1.54, 1.807) is 78.0 Å². The number of benzene rings is 1. The number of fused-ring (bicyclic) bond motifs is 3. The van der Waals surface area contributed by atoms with Crippen LogP contribution >= 0.6 is 0 Å². The molecule has 16 atom stereocenters. The predicted octanol–water partition coefficient (Wildman–Crippen LogP) is 5.75. The van der Waals surface area contributed by atoms with Crippen LogP contribution < -0.4 is 10.6 Å². The Kier molecular flexibility index (Phi) is 22.5. The predicted molar refractivity (Wildman–Crippen MR) is 280 cm³/mol. The van der Waals surface area contributed by atoms with Gasteiger partial charge in [0.15, 0.2) is 5.60 Å². The Morgan fingerprint density at radius 1 is 0.948 bits per heavy atom. The number of alkyl halides is 1. The number of hydrogen-bond donors (Lipinski definition) is 5. The van der Waals surface area contributed by atoms with Gasteiger partial charge in [-0.05, 0) is 114 Å². The molecule has 0 aromatic heterocycles. The van der Waals surface area contributed by atoms with Crippen LogP contribution in [-0.2, 0) is 63.6 Å². The zero-order valence-electron chi connectivity index (χ0n) is 46.7. The van der Waals surface area contributed by atoms with Crippen LogP contribution in [-0.4, -0.2) is 162 Å². The van der Waals surface area contributed by atoms with Gasteiger partial charge in [-0.1, -0.05) is 70.2 Å². The summed E-state index contributed by atoms with van der Waals surface area (Å²) in [5.41, 5.74) is -0.254. The van der Waals surface area contributed by atoms with Crippen molar-refractivity contribution in [2.45, 2.75) is 198 Å². The van der Waals surface area contributed by atoms with Crippen molar-refractivity contribution in [3.8, 4) is 0 Å². The van der Waals surface area contributed by atoms with Gasteiger partial charge in [-0.2, -0.15) is 0 Å². The van der Waals surface area contributed by atoms with Crippen LogP contribution in [0.15, 0.2) is 53.6 Å². The van der Waals surface area contributed by atoms with Crippen LogP contribution in [0.5, 0.6) is 0 Å². The number of carbonyl (C=O) groups is 7. The number of methoxy groups -OCH3 is 3. The molecule has 1 saturated carbocycles. The number of piperidine rings is 1. The van der Waals surface area contributed by atoms with Gasteiger partial charge < -0.3 is 59.3 Å². The molecule has 0 spiro atoms. The fourth-order valence-electron chi connectivity index (χ4n) is 11.3. The van der Waals surface area contributed by atoms with E-state index in [0.29, 0.717) is 49.7 Å². The summed E-state index contributed by atoms with van der Waals surface area (Å²) in [6.45, 7) is 12.7. The summed E-state index contributed by atoms with van der Waals surface area (Å²) < 4.78 is 51.9. The van der Waals surface area contributed by atoms with Crippen molar-refractivity contribution < 1.29 is 81.7 Å². The van der Waals surface area contributed by atoms with E-state index in [4.69, 9.17) is 28.4 Å². The Morgan fingerprint density at radius 3 is 2.22 bits per heavy atom. The van der Waals surface area contributed by atoms with Crippen molar-refractivity contribution in [1.29, 1.82) is 0 Å². The Labute approximate surface area is 452 Å². The molecular weight excluding hydrogens is 1000 g/mol. The van der Waals surface area contributed by atoms with Gasteiger partial charge in [0.05, 0.1) is 30.5 Å². The Balaban J connectivity index is 1.40. The van der Waals surface area contributed by atoms with Crippen molar-refractivity contribution in [2.75, 3.05) is 27.9 Å². The zero-order valence-corrected chi connectivity index (χ0v) is 46.7. The number of nitrogens with one attached hydrogen (secondary N) is 2. The highest BCUT2D eigenvalue weighted by atomic mass is 19.1. The molecule has 0 radical (unpaired) electrons. The first kappa shape index (κ1) is 62.7. The zero-order chi connectivity index (χ0) is 57.1. The maximum Gasteiger partial charge on any atom is 0.408 e. The van der Waals surface area contributed by atoms with Crippen LogP contribution in [0.4, 0.5) is 9.18 Å². The monoisotopic (exact) mass is 1090 g/mol. The Morgan fingerprint density at radius 2 is 1.60 bits per heavy atom. The van der Waals surface area contributed by atoms with Gasteiger partial charge in [-0.3, -0.25) is 19.2 Å². The minimum Gasteiger partial charge on any atom is -0.480 e. The van der Waals surface area contributed by atoms with E-state index < -0.39 is 132 Å². The van der Waals surface area contributed by atoms with Crippen LogP contribution in [0, 0.1) is 29.6 Å². The van der Waals surface area contributed by atoms with Crippen molar-refractivity contribution in [1.82, 2.24) is 15.5 Å². The molecule has 19 nitrogen and oxygen atoms in total. The van der Waals surface area contributed by atoms with E-state index >= 15 is 4.39 Å². The number of aliphatic hydroxyl groups excluding tert-OH is 1. The number of amides is 3. The second-order valence-electron chi connectivity index (χ2n) is 22.3. The smallest absolute Gasteiger partial charge is 0.408 e. The van der Waals surface area contributed by atoms with Crippen LogP contribution in [0.25, 0.3) is 0 Å². The molecule has 3 amide bonds. The number of carbonyl (C=O) groups excluding carboxylic acids is 6. The molecule has 2 saturated heterocycles. The number of aliphatic hydroxyl groups is 2. The van der Waals surface area contributed by atoms with Gasteiger partial charge >= 0.3 is 18.0 Å². The number of ketones is 2. The number of Topliss-reactive ketones (excluding diaryl/α,β-unsaturated/α-hetero) is 2. The second-order valence-corrected chi connectivity index (χ2v) is 22.3. The van der Waals surface area contributed by atoms with Gasteiger partial charge in [-0.15, -0.1) is 0 Å². The number of halogens is 1. The fraction of sp³-hybridized carbons (Fsp3) is 0.702. The van der Waals surface area contributed by atoms with E-state index in [1.165, 1.54) is 35.2 Å². The fourth-order valence-corrected chi connectivity index (χ4v) is 11.3. The number of allylic oxidation sites excluding steroid dienone is 3. The van der Waals surface area contributed by atoms with Gasteiger partial charge in [-0.25, -0.2) is 18.8 Å². The third-order valence-corrected chi connectivity index (χ3v) is 16.2. The molecular formula is C57H84FN3O16. The first-order chi connectivity index (χ1) is 36.3. The summed E-state index contributed by atoms with van der Waals surface area (Å²) in [6.07, 6.45) is -2.63. The van der Waals surface area contributed by atoms with E-state index in [2.05, 4.69) is 10.6 Å². The van der Waals surface area contributed by atoms with Gasteiger partial charge in [0.25, 0.3) is 17.6 Å². The SMILES string of the molecule is CCC1/C=C(\C)C(F)C(C)CC(OC)C2OC(O)(C(=O)C(=O)N3CCCCC3C(=O)OC(C(C)=CC3CCC(NC(=O)C(C)(C)OC(=O)N[C@H](Cc4ccccc4)C(=O)O)C(OC)C3)C(C)C(O)CC1=O)C(C)CC2OC. The molecule has 4 aliphatic rings. The average molecular weight is 1090 g/mol. The maximum atomic E-state index is 16.4. The number of rotatable bonds is 13. The number of carboxylic acids is 1. The van der Waals surface area contributed by atoms with Crippen molar-refractivity contribution in [3.63, 3.8) is 0 Å². The molecule has 1 aliphatic carbocycles. The lowest BCUT2D eigenvalue weighted by Gasteiger charge is -2.47. The summed E-state index contributed by atoms with van der Waals surface area (Å²) in [4.78, 5) is 97.2. The quantitative estimate of drug-likeness (QED) is 0.0895. The first-order valence-corrected chi connectivity index (χ1v) is 27.1.